The lowest BCUT2D eigenvalue weighted by molar-refractivity contribution is -0.121. The molecular formula is C18H20N4O2. The second-order valence-corrected chi connectivity index (χ2v) is 5.81. The van der Waals surface area contributed by atoms with E-state index in [4.69, 9.17) is 0 Å². The molecule has 0 spiro atoms. The average molecular weight is 324 g/mol. The van der Waals surface area contributed by atoms with Gasteiger partial charge in [-0.2, -0.15) is 0 Å². The van der Waals surface area contributed by atoms with Crippen molar-refractivity contribution in [2.45, 2.75) is 12.8 Å². The third-order valence-electron chi connectivity index (χ3n) is 4.05. The fourth-order valence-corrected chi connectivity index (χ4v) is 2.78. The van der Waals surface area contributed by atoms with Gasteiger partial charge in [0.2, 0.25) is 5.91 Å². The van der Waals surface area contributed by atoms with Crippen LogP contribution in [0.15, 0.2) is 54.9 Å². The Morgan fingerprint density at radius 1 is 1.00 bits per heavy atom. The molecule has 6 heteroatoms. The van der Waals surface area contributed by atoms with Gasteiger partial charge in [0.15, 0.2) is 0 Å². The van der Waals surface area contributed by atoms with Crippen LogP contribution in [0.2, 0.25) is 0 Å². The molecule has 0 saturated carbocycles. The van der Waals surface area contributed by atoms with Gasteiger partial charge in [-0.15, -0.1) is 0 Å². The summed E-state index contributed by atoms with van der Waals surface area (Å²) < 4.78 is 0. The van der Waals surface area contributed by atoms with Gasteiger partial charge in [0.25, 0.3) is 0 Å². The molecule has 3 rings (SSSR count). The second-order valence-electron chi connectivity index (χ2n) is 5.81. The largest absolute Gasteiger partial charge is 0.326 e. The summed E-state index contributed by atoms with van der Waals surface area (Å²) in [6, 6.07) is 12.7. The first kappa shape index (κ1) is 16.0. The molecular weight excluding hydrogens is 304 g/mol. The molecule has 2 heterocycles. The maximum Gasteiger partial charge on any atom is 0.321 e. The number of urea groups is 1. The lowest BCUT2D eigenvalue weighted by Crippen LogP contribution is -2.45. The molecule has 0 bridgehead atoms. The Labute approximate surface area is 140 Å². The van der Waals surface area contributed by atoms with Crippen LogP contribution >= 0.6 is 0 Å². The molecule has 1 aliphatic heterocycles. The van der Waals surface area contributed by atoms with Gasteiger partial charge in [-0.25, -0.2) is 4.79 Å². The summed E-state index contributed by atoms with van der Waals surface area (Å²) in [6.07, 6.45) is 4.86. The van der Waals surface area contributed by atoms with Gasteiger partial charge in [0.05, 0.1) is 5.92 Å². The Hall–Kier alpha value is -2.89. The molecule has 24 heavy (non-hydrogen) atoms. The smallest absolute Gasteiger partial charge is 0.321 e. The Morgan fingerprint density at radius 2 is 1.71 bits per heavy atom. The zero-order chi connectivity index (χ0) is 16.8. The number of likely N-dealkylation sites (tertiary alicyclic amines) is 1. The standard InChI is InChI=1S/C18H20N4O2/c23-17(20-15-6-2-1-3-7-15)14-5-4-12-22(13-14)18(24)21-16-8-10-19-11-9-16/h1-3,6-11,14H,4-5,12-13H2,(H,20,23)(H,19,21,24)/t14-/m1/s1. The van der Waals surface area contributed by atoms with Gasteiger partial charge in [0.1, 0.15) is 0 Å². The van der Waals surface area contributed by atoms with Crippen molar-refractivity contribution in [3.63, 3.8) is 0 Å². The molecule has 0 unspecified atom stereocenters. The molecule has 2 N–H and O–H groups in total. The number of nitrogens with zero attached hydrogens (tertiary/aromatic N) is 2. The van der Waals surface area contributed by atoms with Crippen LogP contribution in [0.3, 0.4) is 0 Å². The van der Waals surface area contributed by atoms with Crippen molar-refractivity contribution in [3.8, 4) is 0 Å². The fraction of sp³-hybridized carbons (Fsp3) is 0.278. The summed E-state index contributed by atoms with van der Waals surface area (Å²) in [5.41, 5.74) is 1.48. The third-order valence-corrected chi connectivity index (χ3v) is 4.05. The monoisotopic (exact) mass is 324 g/mol. The first-order valence-electron chi connectivity index (χ1n) is 8.04. The molecule has 0 aliphatic carbocycles. The van der Waals surface area contributed by atoms with Gasteiger partial charge in [-0.05, 0) is 37.1 Å². The van der Waals surface area contributed by atoms with Crippen molar-refractivity contribution >= 4 is 23.3 Å². The molecule has 1 aromatic carbocycles. The number of carbonyl (C=O) groups is 2. The lowest BCUT2D eigenvalue weighted by Gasteiger charge is -2.32. The van der Waals surface area contributed by atoms with E-state index >= 15 is 0 Å². The molecule has 6 nitrogen and oxygen atoms in total. The van der Waals surface area contributed by atoms with Crippen molar-refractivity contribution in [2.75, 3.05) is 23.7 Å². The van der Waals surface area contributed by atoms with E-state index in [1.54, 1.807) is 29.4 Å². The molecule has 1 saturated heterocycles. The summed E-state index contributed by atoms with van der Waals surface area (Å²) in [5.74, 6) is -0.232. The first-order chi connectivity index (χ1) is 11.7. The number of piperidine rings is 1. The number of amides is 3. The number of benzene rings is 1. The number of carbonyl (C=O) groups excluding carboxylic acids is 2. The number of para-hydroxylation sites is 1. The van der Waals surface area contributed by atoms with E-state index in [1.165, 1.54) is 0 Å². The van der Waals surface area contributed by atoms with Crippen LogP contribution in [0, 0.1) is 5.92 Å². The van der Waals surface area contributed by atoms with E-state index in [2.05, 4.69) is 15.6 Å². The van der Waals surface area contributed by atoms with Gasteiger partial charge in [-0.3, -0.25) is 9.78 Å². The molecule has 1 aromatic heterocycles. The highest BCUT2D eigenvalue weighted by Gasteiger charge is 2.28. The van der Waals surface area contributed by atoms with Crippen LogP contribution in [0.5, 0.6) is 0 Å². The number of rotatable bonds is 3. The van der Waals surface area contributed by atoms with Gasteiger partial charge < -0.3 is 15.5 Å². The Morgan fingerprint density at radius 3 is 2.46 bits per heavy atom. The third kappa shape index (κ3) is 4.10. The highest BCUT2D eigenvalue weighted by Crippen LogP contribution is 2.19. The zero-order valence-electron chi connectivity index (χ0n) is 13.3. The molecule has 3 amide bonds. The number of aromatic nitrogens is 1. The maximum atomic E-state index is 12.4. The van der Waals surface area contributed by atoms with Crippen molar-refractivity contribution in [3.05, 3.63) is 54.9 Å². The summed E-state index contributed by atoms with van der Waals surface area (Å²) in [5, 5.41) is 5.75. The zero-order valence-corrected chi connectivity index (χ0v) is 13.3. The molecule has 1 fully saturated rings. The van der Waals surface area contributed by atoms with Crippen LogP contribution < -0.4 is 10.6 Å². The maximum absolute atomic E-state index is 12.4. The van der Waals surface area contributed by atoms with Crippen LogP contribution in [0.4, 0.5) is 16.2 Å². The predicted octanol–water partition coefficient (Wildman–Crippen LogP) is 2.96. The van der Waals surface area contributed by atoms with Gasteiger partial charge >= 0.3 is 6.03 Å². The normalized spacial score (nSPS) is 17.2. The Balaban J connectivity index is 1.57. The topological polar surface area (TPSA) is 74.3 Å². The minimum atomic E-state index is -0.192. The Bertz CT molecular complexity index is 631. The number of hydrogen-bond donors (Lipinski definition) is 2. The fourth-order valence-electron chi connectivity index (χ4n) is 2.78. The van der Waals surface area contributed by atoms with Gasteiger partial charge in [-0.1, -0.05) is 18.2 Å². The van der Waals surface area contributed by atoms with Crippen molar-refractivity contribution in [1.82, 2.24) is 9.88 Å². The van der Waals surface area contributed by atoms with Crippen molar-refractivity contribution < 1.29 is 9.59 Å². The van der Waals surface area contributed by atoms with Crippen LogP contribution in [0.1, 0.15) is 12.8 Å². The van der Waals surface area contributed by atoms with E-state index in [-0.39, 0.29) is 17.9 Å². The number of pyridine rings is 1. The van der Waals surface area contributed by atoms with Crippen molar-refractivity contribution in [2.24, 2.45) is 5.92 Å². The van der Waals surface area contributed by atoms with Crippen molar-refractivity contribution in [1.29, 1.82) is 0 Å². The summed E-state index contributed by atoms with van der Waals surface area (Å²) in [4.78, 5) is 30.4. The molecule has 2 aromatic rings. The van der Waals surface area contributed by atoms with E-state index in [0.29, 0.717) is 18.8 Å². The minimum absolute atomic E-state index is 0.0392. The van der Waals surface area contributed by atoms with E-state index in [9.17, 15) is 9.59 Å². The lowest BCUT2D eigenvalue weighted by atomic mass is 9.97. The van der Waals surface area contributed by atoms with Crippen LogP contribution in [-0.4, -0.2) is 34.9 Å². The van der Waals surface area contributed by atoms with E-state index < -0.39 is 0 Å². The SMILES string of the molecule is O=C(Nc1ccccc1)[C@@H]1CCCN(C(=O)Nc2ccncc2)C1. The summed E-state index contributed by atoms with van der Waals surface area (Å²) in [7, 11) is 0. The number of anilines is 2. The van der Waals surface area contributed by atoms with Gasteiger partial charge in [0, 0.05) is 36.9 Å². The summed E-state index contributed by atoms with van der Waals surface area (Å²) in [6.45, 7) is 1.08. The van der Waals surface area contributed by atoms with E-state index in [1.807, 2.05) is 30.3 Å². The highest BCUT2D eigenvalue weighted by molar-refractivity contribution is 5.94. The highest BCUT2D eigenvalue weighted by atomic mass is 16.2. The molecule has 1 atom stereocenters. The first-order valence-corrected chi connectivity index (χ1v) is 8.04. The molecule has 124 valence electrons. The second kappa shape index (κ2) is 7.59. The number of nitrogens with one attached hydrogen (secondary N) is 2. The van der Waals surface area contributed by atoms with E-state index in [0.717, 1.165) is 18.5 Å². The summed E-state index contributed by atoms with van der Waals surface area (Å²) >= 11 is 0. The quantitative estimate of drug-likeness (QED) is 0.911. The molecule has 0 radical (unpaired) electrons. The van der Waals surface area contributed by atoms with Crippen LogP contribution in [0.25, 0.3) is 0 Å². The van der Waals surface area contributed by atoms with Crippen LogP contribution in [-0.2, 0) is 4.79 Å². The minimum Gasteiger partial charge on any atom is -0.326 e. The predicted molar refractivity (Wildman–Crippen MR) is 92.6 cm³/mol. The molecule has 1 aliphatic rings. The average Bonchev–Trinajstić information content (AvgIpc) is 2.63. The number of hydrogen-bond acceptors (Lipinski definition) is 3. The Kier molecular flexibility index (Phi) is 5.05.